The number of hydrogen-bond donors (Lipinski definition) is 2. The van der Waals surface area contributed by atoms with Gasteiger partial charge in [0.25, 0.3) is 0 Å². The molecule has 1 heterocycles. The normalized spacial score (nSPS) is 27.5. The van der Waals surface area contributed by atoms with Crippen molar-refractivity contribution < 1.29 is 9.59 Å². The topological polar surface area (TPSA) is 61.4 Å². The minimum Gasteiger partial charge on any atom is -0.356 e. The van der Waals surface area contributed by atoms with Gasteiger partial charge in [-0.05, 0) is 70.9 Å². The first-order valence-electron chi connectivity index (χ1n) is 9.83. The summed E-state index contributed by atoms with van der Waals surface area (Å²) in [6.45, 7) is 8.79. The van der Waals surface area contributed by atoms with Gasteiger partial charge in [-0.25, -0.2) is 0 Å². The summed E-state index contributed by atoms with van der Waals surface area (Å²) >= 11 is 0. The molecule has 1 atom stereocenters. The second-order valence-corrected chi connectivity index (χ2v) is 7.74. The Balaban J connectivity index is 1.72. The smallest absolute Gasteiger partial charge is 0.237 e. The van der Waals surface area contributed by atoms with Crippen LogP contribution in [-0.2, 0) is 9.59 Å². The highest BCUT2D eigenvalue weighted by molar-refractivity contribution is 5.82. The van der Waals surface area contributed by atoms with E-state index in [-0.39, 0.29) is 23.8 Å². The summed E-state index contributed by atoms with van der Waals surface area (Å²) in [6.07, 6.45) is 7.34. The van der Waals surface area contributed by atoms with E-state index < -0.39 is 0 Å². The number of nitrogens with zero attached hydrogens (tertiary/aromatic N) is 1. The highest BCUT2D eigenvalue weighted by atomic mass is 16.2. The van der Waals surface area contributed by atoms with Crippen LogP contribution < -0.4 is 10.6 Å². The third-order valence-electron chi connectivity index (χ3n) is 5.74. The average molecular weight is 338 g/mol. The Labute approximate surface area is 146 Å². The molecule has 5 heteroatoms. The Morgan fingerprint density at radius 1 is 1.08 bits per heavy atom. The van der Waals surface area contributed by atoms with E-state index in [1.807, 2.05) is 6.92 Å². The summed E-state index contributed by atoms with van der Waals surface area (Å²) in [6, 6.07) is 0.262. The van der Waals surface area contributed by atoms with Gasteiger partial charge in [-0.1, -0.05) is 13.8 Å². The molecular weight excluding hydrogens is 302 g/mol. The zero-order valence-electron chi connectivity index (χ0n) is 15.6. The Bertz CT molecular complexity index is 411. The average Bonchev–Trinajstić information content (AvgIpc) is 2.61. The predicted molar refractivity (Wildman–Crippen MR) is 96.6 cm³/mol. The van der Waals surface area contributed by atoms with E-state index in [9.17, 15) is 9.59 Å². The second-order valence-electron chi connectivity index (χ2n) is 7.74. The van der Waals surface area contributed by atoms with Crippen LogP contribution in [0.4, 0.5) is 0 Å². The van der Waals surface area contributed by atoms with Crippen molar-refractivity contribution in [1.82, 2.24) is 15.5 Å². The summed E-state index contributed by atoms with van der Waals surface area (Å²) in [5.41, 5.74) is 0. The molecule has 138 valence electrons. The molecule has 0 aromatic carbocycles. The lowest BCUT2D eigenvalue weighted by Crippen LogP contribution is -2.52. The Kier molecular flexibility index (Phi) is 7.53. The Hall–Kier alpha value is -1.10. The zero-order valence-corrected chi connectivity index (χ0v) is 15.6. The number of nitrogens with one attached hydrogen (secondary N) is 2. The van der Waals surface area contributed by atoms with Crippen LogP contribution in [0.1, 0.15) is 65.7 Å². The number of hydrogen-bond acceptors (Lipinski definition) is 3. The van der Waals surface area contributed by atoms with E-state index in [4.69, 9.17) is 0 Å². The van der Waals surface area contributed by atoms with Crippen LogP contribution in [-0.4, -0.2) is 48.4 Å². The molecule has 2 amide bonds. The third-order valence-corrected chi connectivity index (χ3v) is 5.74. The van der Waals surface area contributed by atoms with E-state index in [1.54, 1.807) is 0 Å². The highest BCUT2D eigenvalue weighted by Gasteiger charge is 2.30. The number of likely N-dealkylation sites (tertiary alicyclic amines) is 1. The van der Waals surface area contributed by atoms with E-state index in [0.29, 0.717) is 6.04 Å². The van der Waals surface area contributed by atoms with Crippen molar-refractivity contribution in [3.05, 3.63) is 0 Å². The lowest BCUT2D eigenvalue weighted by atomic mass is 9.87. The second kappa shape index (κ2) is 9.40. The lowest BCUT2D eigenvalue weighted by molar-refractivity contribution is -0.129. The molecule has 1 unspecified atom stereocenters. The summed E-state index contributed by atoms with van der Waals surface area (Å²) in [4.78, 5) is 26.8. The summed E-state index contributed by atoms with van der Waals surface area (Å²) in [7, 11) is 0. The fourth-order valence-electron chi connectivity index (χ4n) is 3.83. The molecule has 0 bridgehead atoms. The molecule has 1 aliphatic carbocycles. The van der Waals surface area contributed by atoms with Gasteiger partial charge in [0.05, 0.1) is 6.04 Å². The molecular formula is C19H35N3O2. The highest BCUT2D eigenvalue weighted by Crippen LogP contribution is 2.24. The van der Waals surface area contributed by atoms with E-state index >= 15 is 0 Å². The van der Waals surface area contributed by atoms with Gasteiger partial charge in [-0.15, -0.1) is 0 Å². The van der Waals surface area contributed by atoms with Gasteiger partial charge in [0.15, 0.2) is 0 Å². The summed E-state index contributed by atoms with van der Waals surface area (Å²) < 4.78 is 0. The Morgan fingerprint density at radius 3 is 2.29 bits per heavy atom. The van der Waals surface area contributed by atoms with Gasteiger partial charge in [0.1, 0.15) is 0 Å². The molecule has 0 radical (unpaired) electrons. The SMILES string of the molecule is CCCNC(=O)C1CCN(C(C)C(=O)NC2CCC(C)CC2)CC1. The quantitative estimate of drug-likeness (QED) is 0.782. The molecule has 2 rings (SSSR count). The molecule has 2 N–H and O–H groups in total. The van der Waals surface area contributed by atoms with Gasteiger partial charge in [-0.2, -0.15) is 0 Å². The molecule has 0 spiro atoms. The number of piperidine rings is 1. The molecule has 2 aliphatic rings. The van der Waals surface area contributed by atoms with Crippen molar-refractivity contribution in [2.45, 2.75) is 77.8 Å². The molecule has 24 heavy (non-hydrogen) atoms. The van der Waals surface area contributed by atoms with Crippen molar-refractivity contribution in [3.63, 3.8) is 0 Å². The van der Waals surface area contributed by atoms with Crippen molar-refractivity contribution >= 4 is 11.8 Å². The summed E-state index contributed by atoms with van der Waals surface area (Å²) in [5.74, 6) is 1.25. The molecule has 1 saturated heterocycles. The third kappa shape index (κ3) is 5.47. The molecule has 1 aliphatic heterocycles. The molecule has 0 aromatic heterocycles. The largest absolute Gasteiger partial charge is 0.356 e. The first kappa shape index (κ1) is 19.2. The van der Waals surface area contributed by atoms with Gasteiger partial charge in [0, 0.05) is 18.5 Å². The van der Waals surface area contributed by atoms with Gasteiger partial charge in [0.2, 0.25) is 11.8 Å². The fraction of sp³-hybridized carbons (Fsp3) is 0.895. The van der Waals surface area contributed by atoms with Crippen LogP contribution in [0.3, 0.4) is 0 Å². The molecule has 5 nitrogen and oxygen atoms in total. The number of rotatable bonds is 6. The van der Waals surface area contributed by atoms with Crippen molar-refractivity contribution in [3.8, 4) is 0 Å². The predicted octanol–water partition coefficient (Wildman–Crippen LogP) is 2.31. The van der Waals surface area contributed by atoms with Crippen LogP contribution >= 0.6 is 0 Å². The van der Waals surface area contributed by atoms with E-state index in [0.717, 1.165) is 57.7 Å². The molecule has 2 fully saturated rings. The van der Waals surface area contributed by atoms with Crippen LogP contribution in [0, 0.1) is 11.8 Å². The maximum absolute atomic E-state index is 12.5. The van der Waals surface area contributed by atoms with Crippen molar-refractivity contribution in [1.29, 1.82) is 0 Å². The van der Waals surface area contributed by atoms with Gasteiger partial charge >= 0.3 is 0 Å². The first-order valence-corrected chi connectivity index (χ1v) is 9.83. The van der Waals surface area contributed by atoms with Crippen LogP contribution in [0.5, 0.6) is 0 Å². The maximum Gasteiger partial charge on any atom is 0.237 e. The standard InChI is InChI=1S/C19H35N3O2/c1-4-11-20-19(24)16-9-12-22(13-10-16)15(3)18(23)21-17-7-5-14(2)6-8-17/h14-17H,4-13H2,1-3H3,(H,20,24)(H,21,23). The minimum absolute atomic E-state index is 0.0935. The van der Waals surface area contributed by atoms with Gasteiger partial charge < -0.3 is 10.6 Å². The Morgan fingerprint density at radius 2 is 1.71 bits per heavy atom. The molecule has 1 saturated carbocycles. The van der Waals surface area contributed by atoms with Crippen molar-refractivity contribution in [2.75, 3.05) is 19.6 Å². The fourth-order valence-corrected chi connectivity index (χ4v) is 3.83. The zero-order chi connectivity index (χ0) is 17.5. The van der Waals surface area contributed by atoms with Gasteiger partial charge in [-0.3, -0.25) is 14.5 Å². The number of amides is 2. The van der Waals surface area contributed by atoms with Crippen LogP contribution in [0.25, 0.3) is 0 Å². The lowest BCUT2D eigenvalue weighted by Gasteiger charge is -2.36. The van der Waals surface area contributed by atoms with E-state index in [1.165, 1.54) is 12.8 Å². The number of carbonyl (C=O) groups is 2. The monoisotopic (exact) mass is 337 g/mol. The molecule has 0 aromatic rings. The van der Waals surface area contributed by atoms with Crippen LogP contribution in [0.15, 0.2) is 0 Å². The van der Waals surface area contributed by atoms with E-state index in [2.05, 4.69) is 29.4 Å². The van der Waals surface area contributed by atoms with Crippen LogP contribution in [0.2, 0.25) is 0 Å². The van der Waals surface area contributed by atoms with Crippen molar-refractivity contribution in [2.24, 2.45) is 11.8 Å². The summed E-state index contributed by atoms with van der Waals surface area (Å²) in [5, 5.41) is 6.23. The maximum atomic E-state index is 12.5. The minimum atomic E-state index is -0.0935. The number of carbonyl (C=O) groups excluding carboxylic acids is 2. The first-order chi connectivity index (χ1) is 11.5.